The minimum Gasteiger partial charge on any atom is -0.383 e. The van der Waals surface area contributed by atoms with Crippen molar-refractivity contribution in [1.82, 2.24) is 14.7 Å². The lowest BCUT2D eigenvalue weighted by Crippen LogP contribution is -2.31. The fourth-order valence-electron chi connectivity index (χ4n) is 2.88. The van der Waals surface area contributed by atoms with E-state index in [9.17, 15) is 4.79 Å². The van der Waals surface area contributed by atoms with Crippen LogP contribution in [-0.2, 0) is 4.74 Å². The Labute approximate surface area is 135 Å². The number of nitrogens with zero attached hydrogens (tertiary/aromatic N) is 3. The summed E-state index contributed by atoms with van der Waals surface area (Å²) in [4.78, 5) is 14.5. The van der Waals surface area contributed by atoms with Gasteiger partial charge in [-0.1, -0.05) is 18.2 Å². The van der Waals surface area contributed by atoms with Gasteiger partial charge in [0.1, 0.15) is 11.4 Å². The molecule has 2 N–H and O–H groups in total. The maximum atomic E-state index is 12.7. The van der Waals surface area contributed by atoms with Crippen molar-refractivity contribution in [3.05, 3.63) is 42.1 Å². The molecule has 3 rings (SSSR count). The van der Waals surface area contributed by atoms with Gasteiger partial charge in [0.25, 0.3) is 5.91 Å². The third-order valence-electron chi connectivity index (χ3n) is 3.93. The highest BCUT2D eigenvalue weighted by Gasteiger charge is 2.30. The van der Waals surface area contributed by atoms with Gasteiger partial charge in [0.15, 0.2) is 0 Å². The van der Waals surface area contributed by atoms with Gasteiger partial charge >= 0.3 is 0 Å². The minimum atomic E-state index is -0.0838. The Morgan fingerprint density at radius 3 is 2.78 bits per heavy atom. The SMILES string of the molecule is CC(C)O[C@@H]1CCN(C(=O)c2cnn(-c3ccccc3)c2N)C1. The molecule has 1 fully saturated rings. The van der Waals surface area contributed by atoms with Gasteiger partial charge in [0, 0.05) is 13.1 Å². The topological polar surface area (TPSA) is 73.4 Å². The third-order valence-corrected chi connectivity index (χ3v) is 3.93. The van der Waals surface area contributed by atoms with Crippen molar-refractivity contribution in [3.63, 3.8) is 0 Å². The first-order valence-corrected chi connectivity index (χ1v) is 7.90. The molecular weight excluding hydrogens is 292 g/mol. The zero-order valence-corrected chi connectivity index (χ0v) is 13.5. The van der Waals surface area contributed by atoms with Crippen molar-refractivity contribution in [2.75, 3.05) is 18.8 Å². The molecule has 1 saturated heterocycles. The highest BCUT2D eigenvalue weighted by Crippen LogP contribution is 2.22. The largest absolute Gasteiger partial charge is 0.383 e. The molecule has 6 nitrogen and oxygen atoms in total. The number of amides is 1. The first-order chi connectivity index (χ1) is 11.1. The van der Waals surface area contributed by atoms with E-state index in [4.69, 9.17) is 10.5 Å². The first-order valence-electron chi connectivity index (χ1n) is 7.90. The van der Waals surface area contributed by atoms with Gasteiger partial charge < -0.3 is 15.4 Å². The average Bonchev–Trinajstić information content (AvgIpc) is 3.14. The molecule has 2 heterocycles. The quantitative estimate of drug-likeness (QED) is 0.938. The van der Waals surface area contributed by atoms with Crippen LogP contribution in [0.5, 0.6) is 0 Å². The van der Waals surface area contributed by atoms with Gasteiger partial charge in [0.2, 0.25) is 0 Å². The number of carbonyl (C=O) groups excluding carboxylic acids is 1. The zero-order chi connectivity index (χ0) is 16.4. The van der Waals surface area contributed by atoms with Gasteiger partial charge in [-0.25, -0.2) is 4.68 Å². The van der Waals surface area contributed by atoms with Crippen molar-refractivity contribution < 1.29 is 9.53 Å². The number of nitrogen functional groups attached to an aromatic ring is 1. The number of aromatic nitrogens is 2. The van der Waals surface area contributed by atoms with E-state index in [-0.39, 0.29) is 18.1 Å². The van der Waals surface area contributed by atoms with Crippen LogP contribution in [0.1, 0.15) is 30.6 Å². The molecule has 0 saturated carbocycles. The van der Waals surface area contributed by atoms with Crippen LogP contribution >= 0.6 is 0 Å². The highest BCUT2D eigenvalue weighted by molar-refractivity contribution is 5.98. The molecule has 1 aliphatic heterocycles. The summed E-state index contributed by atoms with van der Waals surface area (Å²) >= 11 is 0. The summed E-state index contributed by atoms with van der Waals surface area (Å²) in [7, 11) is 0. The molecule has 1 atom stereocenters. The van der Waals surface area contributed by atoms with E-state index in [2.05, 4.69) is 5.10 Å². The molecule has 1 aromatic carbocycles. The second-order valence-corrected chi connectivity index (χ2v) is 6.04. The molecule has 23 heavy (non-hydrogen) atoms. The average molecular weight is 314 g/mol. The lowest BCUT2D eigenvalue weighted by Gasteiger charge is -2.17. The van der Waals surface area contributed by atoms with Crippen LogP contribution in [0.25, 0.3) is 5.69 Å². The predicted octanol–water partition coefficient (Wildman–Crippen LogP) is 2.09. The molecule has 0 bridgehead atoms. The van der Waals surface area contributed by atoms with E-state index in [1.54, 1.807) is 15.8 Å². The molecule has 1 amide bonds. The Bertz CT molecular complexity index is 681. The fraction of sp³-hybridized carbons (Fsp3) is 0.412. The Balaban J connectivity index is 1.75. The summed E-state index contributed by atoms with van der Waals surface area (Å²) < 4.78 is 7.37. The monoisotopic (exact) mass is 314 g/mol. The summed E-state index contributed by atoms with van der Waals surface area (Å²) in [6, 6.07) is 9.55. The molecule has 0 aliphatic carbocycles. The van der Waals surface area contributed by atoms with Gasteiger partial charge in [0.05, 0.1) is 24.1 Å². The van der Waals surface area contributed by atoms with Crippen LogP contribution in [0.2, 0.25) is 0 Å². The van der Waals surface area contributed by atoms with E-state index in [1.165, 1.54) is 0 Å². The van der Waals surface area contributed by atoms with E-state index in [0.29, 0.717) is 24.5 Å². The first kappa shape index (κ1) is 15.6. The molecule has 0 spiro atoms. The summed E-state index contributed by atoms with van der Waals surface area (Å²) in [5.41, 5.74) is 7.42. The summed E-state index contributed by atoms with van der Waals surface area (Å²) in [5.74, 6) is 0.286. The number of ether oxygens (including phenoxy) is 1. The molecule has 1 aliphatic rings. The second kappa shape index (κ2) is 6.42. The smallest absolute Gasteiger partial charge is 0.259 e. The molecule has 0 unspecified atom stereocenters. The zero-order valence-electron chi connectivity index (χ0n) is 13.5. The minimum absolute atomic E-state index is 0.0838. The van der Waals surface area contributed by atoms with Gasteiger partial charge in [-0.05, 0) is 32.4 Å². The Kier molecular flexibility index (Phi) is 4.34. The van der Waals surface area contributed by atoms with Crippen molar-refractivity contribution in [1.29, 1.82) is 0 Å². The van der Waals surface area contributed by atoms with Crippen molar-refractivity contribution in [3.8, 4) is 5.69 Å². The number of benzene rings is 1. The van der Waals surface area contributed by atoms with Crippen molar-refractivity contribution in [2.24, 2.45) is 0 Å². The molecular formula is C17H22N4O2. The molecule has 0 radical (unpaired) electrons. The Morgan fingerprint density at radius 1 is 1.35 bits per heavy atom. The highest BCUT2D eigenvalue weighted by atomic mass is 16.5. The van der Waals surface area contributed by atoms with Crippen LogP contribution in [0.15, 0.2) is 36.5 Å². The predicted molar refractivity (Wildman–Crippen MR) is 88.5 cm³/mol. The number of carbonyl (C=O) groups is 1. The molecule has 2 aromatic rings. The van der Waals surface area contributed by atoms with Crippen LogP contribution in [0.3, 0.4) is 0 Å². The van der Waals surface area contributed by atoms with Crippen molar-refractivity contribution in [2.45, 2.75) is 32.5 Å². The number of likely N-dealkylation sites (tertiary alicyclic amines) is 1. The fourth-order valence-corrected chi connectivity index (χ4v) is 2.88. The lowest BCUT2D eigenvalue weighted by molar-refractivity contribution is 0.0139. The number of para-hydroxylation sites is 1. The van der Waals surface area contributed by atoms with Crippen LogP contribution in [0, 0.1) is 0 Å². The van der Waals surface area contributed by atoms with E-state index >= 15 is 0 Å². The maximum absolute atomic E-state index is 12.7. The number of anilines is 1. The van der Waals surface area contributed by atoms with Gasteiger partial charge in [-0.15, -0.1) is 0 Å². The lowest BCUT2D eigenvalue weighted by atomic mass is 10.2. The standard InChI is InChI=1S/C17H22N4O2/c1-12(2)23-14-8-9-20(11-14)17(22)15-10-19-21(16(15)18)13-6-4-3-5-7-13/h3-7,10,12,14H,8-9,11,18H2,1-2H3/t14-/m1/s1. The maximum Gasteiger partial charge on any atom is 0.259 e. The van der Waals surface area contributed by atoms with Crippen LogP contribution in [-0.4, -0.2) is 45.9 Å². The van der Waals surface area contributed by atoms with Gasteiger partial charge in [-0.3, -0.25) is 4.79 Å². The molecule has 1 aromatic heterocycles. The van der Waals surface area contributed by atoms with Gasteiger partial charge in [-0.2, -0.15) is 5.10 Å². The molecule has 6 heteroatoms. The summed E-state index contributed by atoms with van der Waals surface area (Å²) in [5, 5.41) is 4.26. The number of hydrogen-bond donors (Lipinski definition) is 1. The number of rotatable bonds is 4. The van der Waals surface area contributed by atoms with Crippen LogP contribution < -0.4 is 5.73 Å². The second-order valence-electron chi connectivity index (χ2n) is 6.04. The van der Waals surface area contributed by atoms with E-state index < -0.39 is 0 Å². The summed E-state index contributed by atoms with van der Waals surface area (Å²) in [6.07, 6.45) is 2.67. The Hall–Kier alpha value is -2.34. The Morgan fingerprint density at radius 2 is 2.09 bits per heavy atom. The number of hydrogen-bond acceptors (Lipinski definition) is 4. The van der Waals surface area contributed by atoms with E-state index in [1.807, 2.05) is 44.2 Å². The summed E-state index contributed by atoms with van der Waals surface area (Å²) in [6.45, 7) is 5.30. The van der Waals surface area contributed by atoms with Crippen molar-refractivity contribution >= 4 is 11.7 Å². The van der Waals surface area contributed by atoms with E-state index in [0.717, 1.165) is 12.1 Å². The number of nitrogens with two attached hydrogens (primary N) is 1. The van der Waals surface area contributed by atoms with Crippen LogP contribution in [0.4, 0.5) is 5.82 Å². The third kappa shape index (κ3) is 3.22. The normalized spacial score (nSPS) is 17.9. The molecule has 122 valence electrons.